The average molecular weight is 458 g/mol. The number of benzene rings is 1. The van der Waals surface area contributed by atoms with E-state index in [1.807, 2.05) is 0 Å². The highest BCUT2D eigenvalue weighted by atomic mass is 35.5. The number of aliphatic carboxylic acids is 1. The molecule has 2 aromatic rings. The van der Waals surface area contributed by atoms with Crippen LogP contribution in [0.3, 0.4) is 0 Å². The first kappa shape index (κ1) is 21.5. The van der Waals surface area contributed by atoms with Crippen molar-refractivity contribution in [3.8, 4) is 11.3 Å². The van der Waals surface area contributed by atoms with Crippen molar-refractivity contribution < 1.29 is 28.8 Å². The maximum Gasteiger partial charge on any atom is 0.335 e. The number of carboxylic acids is 1. The first-order valence-corrected chi connectivity index (χ1v) is 10.1. The summed E-state index contributed by atoms with van der Waals surface area (Å²) in [5, 5.41) is 19.0. The van der Waals surface area contributed by atoms with Gasteiger partial charge in [-0.2, -0.15) is 0 Å². The van der Waals surface area contributed by atoms with Crippen molar-refractivity contribution >= 4 is 29.2 Å². The number of halogens is 2. The molecule has 0 spiro atoms. The Morgan fingerprint density at radius 2 is 2.10 bits per heavy atom. The molecule has 1 aromatic heterocycles. The monoisotopic (exact) mass is 457 g/mol. The van der Waals surface area contributed by atoms with Crippen LogP contribution in [0, 0.1) is 0 Å². The molecular weight excluding hydrogens is 437 g/mol. The number of rotatable bonds is 4. The van der Waals surface area contributed by atoms with Crippen LogP contribution in [0.2, 0.25) is 10.0 Å². The summed E-state index contributed by atoms with van der Waals surface area (Å²) in [5.41, 5.74) is 1.26. The number of hydrogen-bond acceptors (Lipinski definition) is 7. The number of hydrogen-bond donors (Lipinski definition) is 1. The second-order valence-corrected chi connectivity index (χ2v) is 8.44. The zero-order chi connectivity index (χ0) is 21.6. The molecule has 9 nitrogen and oxygen atoms in total. The third-order valence-electron chi connectivity index (χ3n) is 5.22. The van der Waals surface area contributed by atoms with Crippen molar-refractivity contribution in [2.75, 3.05) is 13.7 Å². The molecule has 2 aliphatic heterocycles. The van der Waals surface area contributed by atoms with Crippen molar-refractivity contribution in [1.82, 2.24) is 15.0 Å². The lowest BCUT2D eigenvalue weighted by atomic mass is 9.91. The lowest BCUT2D eigenvalue weighted by Gasteiger charge is -2.50. The predicted molar refractivity (Wildman–Crippen MR) is 107 cm³/mol. The summed E-state index contributed by atoms with van der Waals surface area (Å²) in [6, 6.07) is 4.53. The molecule has 30 heavy (non-hydrogen) atoms. The number of fused-ring (bicyclic) bond motifs is 1. The molecule has 0 aliphatic carbocycles. The van der Waals surface area contributed by atoms with Crippen molar-refractivity contribution in [2.24, 2.45) is 0 Å². The molecule has 4 rings (SSSR count). The van der Waals surface area contributed by atoms with Gasteiger partial charge in [0.05, 0.1) is 22.8 Å². The Bertz CT molecular complexity index is 952. The largest absolute Gasteiger partial charge is 0.479 e. The first-order chi connectivity index (χ1) is 14.2. The van der Waals surface area contributed by atoms with E-state index >= 15 is 0 Å². The minimum absolute atomic E-state index is 0.183. The third-order valence-corrected chi connectivity index (χ3v) is 5.96. The van der Waals surface area contributed by atoms with Crippen LogP contribution in [0.1, 0.15) is 19.9 Å². The van der Waals surface area contributed by atoms with Crippen LogP contribution in [-0.4, -0.2) is 70.0 Å². The number of carbonyl (C=O) groups is 1. The van der Waals surface area contributed by atoms with Crippen molar-refractivity contribution in [3.63, 3.8) is 0 Å². The Kier molecular flexibility index (Phi) is 5.78. The van der Waals surface area contributed by atoms with Crippen LogP contribution in [-0.2, 0) is 23.7 Å². The minimum atomic E-state index is -1.22. The van der Waals surface area contributed by atoms with Gasteiger partial charge >= 0.3 is 5.97 Å². The fourth-order valence-electron chi connectivity index (χ4n) is 3.83. The van der Waals surface area contributed by atoms with Gasteiger partial charge in [-0.25, -0.2) is 9.48 Å². The molecule has 1 N–H and O–H groups in total. The summed E-state index contributed by atoms with van der Waals surface area (Å²) in [4.78, 5) is 11.8. The topological polar surface area (TPSA) is 105 Å². The summed E-state index contributed by atoms with van der Waals surface area (Å²) in [6.07, 6.45) is -1.54. The maximum absolute atomic E-state index is 11.8. The molecule has 5 atom stereocenters. The summed E-state index contributed by atoms with van der Waals surface area (Å²) in [6.45, 7) is 3.75. The van der Waals surface area contributed by atoms with Crippen LogP contribution in [0.25, 0.3) is 11.3 Å². The molecule has 0 amide bonds. The summed E-state index contributed by atoms with van der Waals surface area (Å²) in [5.74, 6) is -2.01. The molecule has 2 saturated heterocycles. The highest BCUT2D eigenvalue weighted by Gasteiger charge is 2.54. The van der Waals surface area contributed by atoms with E-state index in [1.54, 1.807) is 42.9 Å². The van der Waals surface area contributed by atoms with Gasteiger partial charge in [0.25, 0.3) is 0 Å². The Morgan fingerprint density at radius 3 is 2.77 bits per heavy atom. The van der Waals surface area contributed by atoms with E-state index in [4.69, 9.17) is 42.1 Å². The highest BCUT2D eigenvalue weighted by Crippen LogP contribution is 2.39. The number of nitrogens with zero attached hydrogens (tertiary/aromatic N) is 3. The van der Waals surface area contributed by atoms with Crippen LogP contribution in [0.15, 0.2) is 24.4 Å². The fraction of sp³-hybridized carbons (Fsp3) is 0.526. The number of carboxylic acid groups (broad SMARTS) is 1. The van der Waals surface area contributed by atoms with Crippen LogP contribution >= 0.6 is 23.2 Å². The van der Waals surface area contributed by atoms with E-state index in [2.05, 4.69) is 10.3 Å². The Morgan fingerprint density at radius 1 is 1.33 bits per heavy atom. The number of aromatic nitrogens is 3. The van der Waals surface area contributed by atoms with E-state index in [9.17, 15) is 9.90 Å². The molecule has 11 heteroatoms. The third kappa shape index (κ3) is 3.93. The van der Waals surface area contributed by atoms with Gasteiger partial charge in [0, 0.05) is 12.7 Å². The SMILES string of the molecule is CO[C@@H]1[C@@H](n2cc(-c3ccc(Cl)c(Cl)c3)nn2)[C@H]2OC(C)(C)OC[C@H]2O[C@H]1C(=O)O. The number of methoxy groups -OCH3 is 1. The molecular formula is C19H21Cl2N3O6. The molecule has 0 bridgehead atoms. The second-order valence-electron chi connectivity index (χ2n) is 7.63. The highest BCUT2D eigenvalue weighted by molar-refractivity contribution is 6.42. The van der Waals surface area contributed by atoms with Crippen LogP contribution < -0.4 is 0 Å². The average Bonchev–Trinajstić information content (AvgIpc) is 3.17. The van der Waals surface area contributed by atoms with E-state index in [0.717, 1.165) is 5.56 Å². The van der Waals surface area contributed by atoms with Gasteiger partial charge in [-0.15, -0.1) is 5.10 Å². The summed E-state index contributed by atoms with van der Waals surface area (Å²) in [7, 11) is 1.43. The Hall–Kier alpha value is -1.75. The van der Waals surface area contributed by atoms with Gasteiger partial charge in [0.15, 0.2) is 11.9 Å². The standard InChI is InChI=1S/C19H21Cl2N3O6/c1-19(2)28-8-13-15(30-19)14(16(27-3)17(29-13)18(25)26)24-7-12(22-23-24)9-4-5-10(20)11(21)6-9/h4-7,13-17H,8H2,1-3H3,(H,25,26)/t13-,14+,15+,16-,17-/m1/s1. The normalized spacial score (nSPS) is 30.6. The van der Waals surface area contributed by atoms with Crippen molar-refractivity contribution in [3.05, 3.63) is 34.4 Å². The minimum Gasteiger partial charge on any atom is -0.479 e. The lowest BCUT2D eigenvalue weighted by molar-refractivity contribution is -0.347. The molecule has 0 saturated carbocycles. The lowest BCUT2D eigenvalue weighted by Crippen LogP contribution is -2.64. The van der Waals surface area contributed by atoms with E-state index in [0.29, 0.717) is 15.7 Å². The zero-order valence-electron chi connectivity index (χ0n) is 16.5. The molecule has 1 aromatic carbocycles. The molecule has 3 heterocycles. The van der Waals surface area contributed by atoms with Gasteiger partial charge in [0.1, 0.15) is 30.0 Å². The fourth-order valence-corrected chi connectivity index (χ4v) is 4.12. The second kappa shape index (κ2) is 8.07. The van der Waals surface area contributed by atoms with Gasteiger partial charge in [0.2, 0.25) is 0 Å². The molecule has 0 unspecified atom stereocenters. The van der Waals surface area contributed by atoms with E-state index in [-0.39, 0.29) is 6.61 Å². The predicted octanol–water partition coefficient (Wildman–Crippen LogP) is 2.81. The summed E-state index contributed by atoms with van der Waals surface area (Å²) >= 11 is 12.1. The molecule has 0 radical (unpaired) electrons. The van der Waals surface area contributed by atoms with Gasteiger partial charge in [-0.3, -0.25) is 0 Å². The quantitative estimate of drug-likeness (QED) is 0.746. The smallest absolute Gasteiger partial charge is 0.335 e. The van der Waals surface area contributed by atoms with Crippen molar-refractivity contribution in [2.45, 2.75) is 50.1 Å². The molecule has 2 aliphatic rings. The Balaban J connectivity index is 1.73. The van der Waals surface area contributed by atoms with E-state index < -0.39 is 42.2 Å². The zero-order valence-corrected chi connectivity index (χ0v) is 18.0. The van der Waals surface area contributed by atoms with Gasteiger partial charge in [-0.1, -0.05) is 34.5 Å². The van der Waals surface area contributed by atoms with Crippen LogP contribution in [0.5, 0.6) is 0 Å². The van der Waals surface area contributed by atoms with Crippen molar-refractivity contribution in [1.29, 1.82) is 0 Å². The van der Waals surface area contributed by atoms with E-state index in [1.165, 1.54) is 7.11 Å². The van der Waals surface area contributed by atoms with Crippen LogP contribution in [0.4, 0.5) is 0 Å². The first-order valence-electron chi connectivity index (χ1n) is 9.30. The number of ether oxygens (including phenoxy) is 4. The van der Waals surface area contributed by atoms with Gasteiger partial charge in [-0.05, 0) is 26.0 Å². The molecule has 2 fully saturated rings. The maximum atomic E-state index is 11.8. The Labute approximate surface area is 182 Å². The molecule has 162 valence electrons. The van der Waals surface area contributed by atoms with Gasteiger partial charge < -0.3 is 24.1 Å². The summed E-state index contributed by atoms with van der Waals surface area (Å²) < 4.78 is 24.6.